The zero-order valence-electron chi connectivity index (χ0n) is 15.7. The van der Waals surface area contributed by atoms with E-state index < -0.39 is 5.97 Å². The van der Waals surface area contributed by atoms with Crippen molar-refractivity contribution in [2.75, 3.05) is 26.2 Å². The Balaban J connectivity index is 1.61. The first-order chi connectivity index (χ1) is 13.0. The molecular formula is C20H25N3O4. The Bertz CT molecular complexity index is 792. The molecule has 0 radical (unpaired) electrons. The van der Waals surface area contributed by atoms with Gasteiger partial charge in [-0.2, -0.15) is 0 Å². The lowest BCUT2D eigenvalue weighted by atomic mass is 10.0. The number of hydrogen-bond donors (Lipinski definition) is 1. The van der Waals surface area contributed by atoms with Crippen molar-refractivity contribution in [3.05, 3.63) is 41.7 Å². The van der Waals surface area contributed by atoms with Crippen molar-refractivity contribution >= 4 is 11.9 Å². The van der Waals surface area contributed by atoms with Crippen molar-refractivity contribution in [1.82, 2.24) is 15.0 Å². The number of benzene rings is 1. The monoisotopic (exact) mass is 371 g/mol. The zero-order valence-corrected chi connectivity index (χ0v) is 15.7. The van der Waals surface area contributed by atoms with Crippen LogP contribution in [0.3, 0.4) is 0 Å². The number of rotatable bonds is 6. The number of carbonyl (C=O) groups excluding carboxylic acids is 1. The van der Waals surface area contributed by atoms with Crippen LogP contribution in [0, 0.1) is 6.92 Å². The van der Waals surface area contributed by atoms with E-state index in [-0.39, 0.29) is 24.3 Å². The molecule has 2 aromatic rings. The van der Waals surface area contributed by atoms with E-state index in [1.165, 1.54) is 0 Å². The third kappa shape index (κ3) is 4.54. The number of carboxylic acid groups (broad SMARTS) is 1. The highest BCUT2D eigenvalue weighted by atomic mass is 16.5. The van der Waals surface area contributed by atoms with Crippen LogP contribution < -0.4 is 0 Å². The number of piperidine rings is 1. The van der Waals surface area contributed by atoms with Gasteiger partial charge < -0.3 is 14.5 Å². The van der Waals surface area contributed by atoms with E-state index in [1.807, 2.05) is 43.0 Å². The summed E-state index contributed by atoms with van der Waals surface area (Å²) < 4.78 is 5.28. The highest BCUT2D eigenvalue weighted by Crippen LogP contribution is 2.22. The summed E-state index contributed by atoms with van der Waals surface area (Å²) in [5, 5.41) is 13.0. The van der Waals surface area contributed by atoms with Gasteiger partial charge in [-0.05, 0) is 26.3 Å². The molecule has 3 rings (SSSR count). The minimum atomic E-state index is -0.819. The second-order valence-electron chi connectivity index (χ2n) is 6.92. The lowest BCUT2D eigenvalue weighted by Crippen LogP contribution is -2.48. The summed E-state index contributed by atoms with van der Waals surface area (Å²) in [6, 6.07) is 9.76. The first-order valence-electron chi connectivity index (χ1n) is 9.26. The molecule has 1 amide bonds. The summed E-state index contributed by atoms with van der Waals surface area (Å²) in [6.45, 7) is 5.87. The maximum absolute atomic E-state index is 12.7. The highest BCUT2D eigenvalue weighted by molar-refractivity contribution is 5.92. The Labute approximate surface area is 158 Å². The van der Waals surface area contributed by atoms with Crippen LogP contribution in [-0.4, -0.2) is 64.2 Å². The molecule has 1 aromatic carbocycles. The Morgan fingerprint density at radius 3 is 2.52 bits per heavy atom. The summed E-state index contributed by atoms with van der Waals surface area (Å²) >= 11 is 0. The van der Waals surface area contributed by atoms with Crippen LogP contribution in [0.4, 0.5) is 0 Å². The Morgan fingerprint density at radius 1 is 1.26 bits per heavy atom. The van der Waals surface area contributed by atoms with Gasteiger partial charge in [-0.3, -0.25) is 14.5 Å². The molecule has 7 heteroatoms. The molecule has 1 saturated heterocycles. The van der Waals surface area contributed by atoms with Crippen LogP contribution in [0.1, 0.15) is 35.9 Å². The standard InChI is InChI=1S/C20H25N3O4/c1-3-22(13-19(24)25)16-8-10-23(11-9-16)20(26)18-12-17(21-27-18)15-6-4-14(2)5-7-15/h4-7,12,16H,3,8-11,13H2,1-2H3,(H,24,25). The van der Waals surface area contributed by atoms with E-state index in [4.69, 9.17) is 9.63 Å². The fourth-order valence-corrected chi connectivity index (χ4v) is 3.50. The average molecular weight is 371 g/mol. The third-order valence-electron chi connectivity index (χ3n) is 5.08. The summed E-state index contributed by atoms with van der Waals surface area (Å²) in [7, 11) is 0. The van der Waals surface area contributed by atoms with Gasteiger partial charge in [0.2, 0.25) is 5.76 Å². The molecule has 0 saturated carbocycles. The normalized spacial score (nSPS) is 15.3. The number of aliphatic carboxylic acids is 1. The van der Waals surface area contributed by atoms with E-state index >= 15 is 0 Å². The molecule has 0 atom stereocenters. The average Bonchev–Trinajstić information content (AvgIpc) is 3.16. The molecule has 27 heavy (non-hydrogen) atoms. The first-order valence-corrected chi connectivity index (χ1v) is 9.26. The van der Waals surface area contributed by atoms with Crippen molar-refractivity contribution in [2.24, 2.45) is 0 Å². The van der Waals surface area contributed by atoms with Crippen molar-refractivity contribution in [1.29, 1.82) is 0 Å². The molecule has 1 aliphatic heterocycles. The fraction of sp³-hybridized carbons (Fsp3) is 0.450. The maximum Gasteiger partial charge on any atom is 0.317 e. The highest BCUT2D eigenvalue weighted by Gasteiger charge is 2.29. The zero-order chi connectivity index (χ0) is 19.4. The quantitative estimate of drug-likeness (QED) is 0.840. The van der Waals surface area contributed by atoms with Gasteiger partial charge in [-0.25, -0.2) is 0 Å². The molecule has 1 N–H and O–H groups in total. The lowest BCUT2D eigenvalue weighted by Gasteiger charge is -2.37. The van der Waals surface area contributed by atoms with Crippen LogP contribution in [0.5, 0.6) is 0 Å². The molecule has 0 aliphatic carbocycles. The van der Waals surface area contributed by atoms with Crippen molar-refractivity contribution in [2.45, 2.75) is 32.7 Å². The van der Waals surface area contributed by atoms with Crippen LogP contribution >= 0.6 is 0 Å². The van der Waals surface area contributed by atoms with Crippen molar-refractivity contribution in [3.8, 4) is 11.3 Å². The predicted molar refractivity (Wildman–Crippen MR) is 100 cm³/mol. The number of likely N-dealkylation sites (N-methyl/N-ethyl adjacent to an activating group) is 1. The second-order valence-corrected chi connectivity index (χ2v) is 6.92. The number of carboxylic acids is 1. The topological polar surface area (TPSA) is 86.9 Å². The predicted octanol–water partition coefficient (Wildman–Crippen LogP) is 2.66. The van der Waals surface area contributed by atoms with Crippen LogP contribution in [-0.2, 0) is 4.79 Å². The van der Waals surface area contributed by atoms with Gasteiger partial charge in [-0.15, -0.1) is 0 Å². The van der Waals surface area contributed by atoms with Gasteiger partial charge in [0.05, 0.1) is 6.54 Å². The van der Waals surface area contributed by atoms with Gasteiger partial charge in [-0.1, -0.05) is 41.9 Å². The smallest absolute Gasteiger partial charge is 0.317 e. The fourth-order valence-electron chi connectivity index (χ4n) is 3.50. The summed E-state index contributed by atoms with van der Waals surface area (Å²) in [5.41, 5.74) is 2.71. The van der Waals surface area contributed by atoms with Gasteiger partial charge in [0.1, 0.15) is 5.69 Å². The molecule has 7 nitrogen and oxygen atoms in total. The van der Waals surface area contributed by atoms with E-state index in [9.17, 15) is 9.59 Å². The minimum Gasteiger partial charge on any atom is -0.480 e. The summed E-state index contributed by atoms with van der Waals surface area (Å²) in [5.74, 6) is -0.747. The van der Waals surface area contributed by atoms with E-state index in [0.717, 1.165) is 24.0 Å². The van der Waals surface area contributed by atoms with Crippen molar-refractivity contribution in [3.63, 3.8) is 0 Å². The van der Waals surface area contributed by atoms with Gasteiger partial charge in [0.25, 0.3) is 5.91 Å². The van der Waals surface area contributed by atoms with Crippen LogP contribution in [0.25, 0.3) is 11.3 Å². The third-order valence-corrected chi connectivity index (χ3v) is 5.08. The molecule has 2 heterocycles. The van der Waals surface area contributed by atoms with E-state index in [2.05, 4.69) is 5.16 Å². The Hall–Kier alpha value is -2.67. The first kappa shape index (κ1) is 19.1. The number of aryl methyl sites for hydroxylation is 1. The van der Waals surface area contributed by atoms with Crippen LogP contribution in [0.15, 0.2) is 34.9 Å². The van der Waals surface area contributed by atoms with Crippen molar-refractivity contribution < 1.29 is 19.2 Å². The molecule has 0 bridgehead atoms. The summed E-state index contributed by atoms with van der Waals surface area (Å²) in [6.07, 6.45) is 1.51. The summed E-state index contributed by atoms with van der Waals surface area (Å²) in [4.78, 5) is 27.4. The maximum atomic E-state index is 12.7. The molecule has 144 valence electrons. The molecule has 0 unspecified atom stereocenters. The van der Waals surface area contributed by atoms with Gasteiger partial charge in [0, 0.05) is 30.8 Å². The van der Waals surface area contributed by atoms with E-state index in [1.54, 1.807) is 11.0 Å². The van der Waals surface area contributed by atoms with E-state index in [0.29, 0.717) is 25.3 Å². The number of likely N-dealkylation sites (tertiary alicyclic amines) is 1. The molecule has 1 aliphatic rings. The molecular weight excluding hydrogens is 346 g/mol. The minimum absolute atomic E-state index is 0.0388. The molecule has 0 spiro atoms. The lowest BCUT2D eigenvalue weighted by molar-refractivity contribution is -0.139. The number of aromatic nitrogens is 1. The number of carbonyl (C=O) groups is 2. The number of amides is 1. The van der Waals surface area contributed by atoms with Gasteiger partial charge >= 0.3 is 5.97 Å². The number of nitrogens with zero attached hydrogens (tertiary/aromatic N) is 3. The molecule has 1 aromatic heterocycles. The molecule has 1 fully saturated rings. The largest absolute Gasteiger partial charge is 0.480 e. The Kier molecular flexibility index (Phi) is 5.91. The SMILES string of the molecule is CCN(CC(=O)O)C1CCN(C(=O)c2cc(-c3ccc(C)cc3)no2)CC1. The second kappa shape index (κ2) is 8.35. The van der Waals surface area contributed by atoms with Gasteiger partial charge in [0.15, 0.2) is 0 Å². The Morgan fingerprint density at radius 2 is 1.93 bits per heavy atom. The number of hydrogen-bond acceptors (Lipinski definition) is 5. The van der Waals surface area contributed by atoms with Crippen LogP contribution in [0.2, 0.25) is 0 Å².